The second-order valence-electron chi connectivity index (χ2n) is 4.25. The summed E-state index contributed by atoms with van der Waals surface area (Å²) < 4.78 is 26.7. The molecule has 0 fully saturated rings. The normalized spacial score (nSPS) is 13.7. The Balaban J connectivity index is 2.93. The summed E-state index contributed by atoms with van der Waals surface area (Å²) >= 11 is 0. The van der Waals surface area contributed by atoms with Crippen molar-refractivity contribution in [2.24, 2.45) is 0 Å². The maximum Gasteiger partial charge on any atom is 0.264 e. The predicted octanol–water partition coefficient (Wildman–Crippen LogP) is 1.48. The van der Waals surface area contributed by atoms with Gasteiger partial charge in [-0.05, 0) is 26.3 Å². The van der Waals surface area contributed by atoms with Crippen LogP contribution in [0.5, 0.6) is 0 Å². The summed E-state index contributed by atoms with van der Waals surface area (Å²) in [5, 5.41) is 0. The van der Waals surface area contributed by atoms with Gasteiger partial charge in [-0.2, -0.15) is 8.42 Å². The minimum Gasteiger partial charge on any atom is -0.270 e. The van der Waals surface area contributed by atoms with Gasteiger partial charge in [0.05, 0.1) is 12.9 Å². The zero-order valence-corrected chi connectivity index (χ0v) is 11.6. The minimum absolute atomic E-state index is 0.0506. The zero-order valence-electron chi connectivity index (χ0n) is 10.8. The van der Waals surface area contributed by atoms with Crippen LogP contribution in [0.2, 0.25) is 0 Å². The van der Waals surface area contributed by atoms with Crippen molar-refractivity contribution in [3.63, 3.8) is 0 Å². The molecular formula is C11H18N2O3S. The molecule has 1 atom stereocenters. The molecule has 6 heteroatoms. The second-order valence-corrected chi connectivity index (χ2v) is 5.89. The van der Waals surface area contributed by atoms with E-state index in [1.807, 2.05) is 27.7 Å². The minimum atomic E-state index is -3.40. The number of hydrogen-bond acceptors (Lipinski definition) is 5. The van der Waals surface area contributed by atoms with Crippen LogP contribution in [0.3, 0.4) is 0 Å². The van der Waals surface area contributed by atoms with Gasteiger partial charge in [-0.1, -0.05) is 6.92 Å². The molecular weight excluding hydrogens is 240 g/mol. The summed E-state index contributed by atoms with van der Waals surface area (Å²) in [7, 11) is -3.40. The van der Waals surface area contributed by atoms with Crippen LogP contribution < -0.4 is 0 Å². The molecule has 0 spiro atoms. The lowest BCUT2D eigenvalue weighted by atomic mass is 9.99. The van der Waals surface area contributed by atoms with Gasteiger partial charge in [0, 0.05) is 17.3 Å². The van der Waals surface area contributed by atoms with Gasteiger partial charge in [0.15, 0.2) is 0 Å². The van der Waals surface area contributed by atoms with E-state index in [1.165, 1.54) is 0 Å². The van der Waals surface area contributed by atoms with Crippen LogP contribution in [0, 0.1) is 20.8 Å². The number of nitrogens with zero attached hydrogens (tertiary/aromatic N) is 2. The van der Waals surface area contributed by atoms with Gasteiger partial charge in [-0.15, -0.1) is 0 Å². The van der Waals surface area contributed by atoms with E-state index in [1.54, 1.807) is 0 Å². The fourth-order valence-corrected chi connectivity index (χ4v) is 2.37. The topological polar surface area (TPSA) is 69.2 Å². The first kappa shape index (κ1) is 14.1. The van der Waals surface area contributed by atoms with E-state index >= 15 is 0 Å². The van der Waals surface area contributed by atoms with Gasteiger partial charge >= 0.3 is 0 Å². The molecule has 1 aromatic heterocycles. The smallest absolute Gasteiger partial charge is 0.264 e. The highest BCUT2D eigenvalue weighted by molar-refractivity contribution is 7.85. The third-order valence-electron chi connectivity index (χ3n) is 2.46. The average molecular weight is 258 g/mol. The lowest BCUT2D eigenvalue weighted by Gasteiger charge is -2.16. The number of rotatable bonds is 4. The molecule has 0 aliphatic carbocycles. The van der Waals surface area contributed by atoms with Crippen LogP contribution >= 0.6 is 0 Å². The molecule has 0 N–H and O–H groups in total. The molecule has 0 unspecified atom stereocenters. The van der Waals surface area contributed by atoms with E-state index in [0.29, 0.717) is 0 Å². The van der Waals surface area contributed by atoms with Crippen molar-refractivity contribution in [3.8, 4) is 0 Å². The Labute approximate surface area is 102 Å². The van der Waals surface area contributed by atoms with Gasteiger partial charge in [0.2, 0.25) is 0 Å². The molecule has 17 heavy (non-hydrogen) atoms. The van der Waals surface area contributed by atoms with Crippen molar-refractivity contribution in [2.45, 2.75) is 33.6 Å². The summed E-state index contributed by atoms with van der Waals surface area (Å²) in [6.07, 6.45) is 1.05. The largest absolute Gasteiger partial charge is 0.270 e. The van der Waals surface area contributed by atoms with Crippen molar-refractivity contribution in [1.82, 2.24) is 9.97 Å². The van der Waals surface area contributed by atoms with Gasteiger partial charge in [0.25, 0.3) is 10.1 Å². The molecule has 5 nitrogen and oxygen atoms in total. The molecule has 96 valence electrons. The van der Waals surface area contributed by atoms with Gasteiger partial charge in [-0.25, -0.2) is 9.97 Å². The number of aromatic nitrogens is 2. The average Bonchev–Trinajstić information content (AvgIpc) is 2.11. The van der Waals surface area contributed by atoms with Crippen LogP contribution in [-0.2, 0) is 14.3 Å². The molecule has 0 saturated carbocycles. The summed E-state index contributed by atoms with van der Waals surface area (Å²) in [4.78, 5) is 8.57. The Morgan fingerprint density at radius 1 is 1.18 bits per heavy atom. The van der Waals surface area contributed by atoms with Gasteiger partial charge in [0.1, 0.15) is 5.82 Å². The van der Waals surface area contributed by atoms with Crippen LogP contribution in [0.25, 0.3) is 0 Å². The van der Waals surface area contributed by atoms with E-state index in [0.717, 1.165) is 29.0 Å². The first-order valence-electron chi connectivity index (χ1n) is 5.37. The maximum atomic E-state index is 10.9. The van der Waals surface area contributed by atoms with Gasteiger partial charge in [-0.3, -0.25) is 4.18 Å². The number of hydrogen-bond donors (Lipinski definition) is 0. The Kier molecular flexibility index (Phi) is 4.21. The SMILES string of the molecule is Cc1nc(C)c([C@@H](C)COS(C)(=O)=O)c(C)n1. The molecule has 0 aliphatic rings. The first-order chi connectivity index (χ1) is 7.70. The zero-order chi connectivity index (χ0) is 13.2. The number of aryl methyl sites for hydroxylation is 3. The summed E-state index contributed by atoms with van der Waals surface area (Å²) in [5.74, 6) is 0.672. The summed E-state index contributed by atoms with van der Waals surface area (Å²) in [5.41, 5.74) is 2.71. The highest BCUT2D eigenvalue weighted by atomic mass is 32.2. The Hall–Kier alpha value is -1.01. The van der Waals surface area contributed by atoms with Crippen molar-refractivity contribution < 1.29 is 12.6 Å². The van der Waals surface area contributed by atoms with Gasteiger partial charge < -0.3 is 0 Å². The molecule has 0 saturated heterocycles. The maximum absolute atomic E-state index is 10.9. The van der Waals surface area contributed by atoms with E-state index in [2.05, 4.69) is 9.97 Å². The Bertz CT molecular complexity index is 488. The fraction of sp³-hybridized carbons (Fsp3) is 0.636. The van der Waals surface area contributed by atoms with E-state index < -0.39 is 10.1 Å². The van der Waals surface area contributed by atoms with Crippen LogP contribution in [0.1, 0.15) is 35.6 Å². The van der Waals surface area contributed by atoms with E-state index in [9.17, 15) is 8.42 Å². The molecule has 0 aliphatic heterocycles. The molecule has 0 radical (unpaired) electrons. The van der Waals surface area contributed by atoms with Crippen LogP contribution in [0.4, 0.5) is 0 Å². The lowest BCUT2D eigenvalue weighted by molar-refractivity contribution is 0.300. The molecule has 1 rings (SSSR count). The van der Waals surface area contributed by atoms with Crippen LogP contribution in [0.15, 0.2) is 0 Å². The second kappa shape index (κ2) is 5.10. The Morgan fingerprint density at radius 3 is 2.06 bits per heavy atom. The van der Waals surface area contributed by atoms with Crippen molar-refractivity contribution in [2.75, 3.05) is 12.9 Å². The lowest BCUT2D eigenvalue weighted by Crippen LogP contribution is -2.13. The third kappa shape index (κ3) is 4.05. The van der Waals surface area contributed by atoms with Crippen molar-refractivity contribution >= 4 is 10.1 Å². The molecule has 1 heterocycles. The molecule has 0 bridgehead atoms. The standard InChI is InChI=1S/C11H18N2O3S/c1-7(6-16-17(5,14)15)11-8(2)12-10(4)13-9(11)3/h7H,6H2,1-5H3/t7-/m0/s1. The molecule has 0 amide bonds. The van der Waals surface area contributed by atoms with E-state index in [4.69, 9.17) is 4.18 Å². The first-order valence-corrected chi connectivity index (χ1v) is 7.18. The Morgan fingerprint density at radius 2 is 1.65 bits per heavy atom. The molecule has 1 aromatic rings. The highest BCUT2D eigenvalue weighted by Gasteiger charge is 2.16. The highest BCUT2D eigenvalue weighted by Crippen LogP contribution is 2.21. The van der Waals surface area contributed by atoms with Crippen molar-refractivity contribution in [3.05, 3.63) is 22.8 Å². The van der Waals surface area contributed by atoms with E-state index in [-0.39, 0.29) is 12.5 Å². The third-order valence-corrected chi connectivity index (χ3v) is 3.03. The van der Waals surface area contributed by atoms with Crippen LogP contribution in [-0.4, -0.2) is 31.2 Å². The predicted molar refractivity (Wildman–Crippen MR) is 65.5 cm³/mol. The fourth-order valence-electron chi connectivity index (χ4n) is 1.91. The van der Waals surface area contributed by atoms with Crippen molar-refractivity contribution in [1.29, 1.82) is 0 Å². The monoisotopic (exact) mass is 258 g/mol. The summed E-state index contributed by atoms with van der Waals surface area (Å²) in [6, 6.07) is 0. The summed E-state index contributed by atoms with van der Waals surface area (Å²) in [6.45, 7) is 7.65. The quantitative estimate of drug-likeness (QED) is 0.765. The molecule has 0 aromatic carbocycles.